The van der Waals surface area contributed by atoms with E-state index in [1.165, 1.54) is 44.9 Å². The van der Waals surface area contributed by atoms with Crippen molar-refractivity contribution in [2.45, 2.75) is 65.0 Å². The van der Waals surface area contributed by atoms with E-state index < -0.39 is 9.04 Å². The highest BCUT2D eigenvalue weighted by atomic mass is 28.3. The molecule has 0 spiro atoms. The Morgan fingerprint density at radius 3 is 2.27 bits per heavy atom. The van der Waals surface area contributed by atoms with E-state index in [2.05, 4.69) is 32.2 Å². The van der Waals surface area contributed by atoms with Gasteiger partial charge in [-0.15, -0.1) is 0 Å². The summed E-state index contributed by atoms with van der Waals surface area (Å²) in [6.07, 6.45) is 14.0. The second kappa shape index (κ2) is 12.0. The summed E-state index contributed by atoms with van der Waals surface area (Å²) >= 11 is 0. The zero-order chi connectivity index (χ0) is 11.4. The smallest absolute Gasteiger partial charge is 0.171 e. The van der Waals surface area contributed by atoms with Gasteiger partial charge in [-0.25, -0.2) is 0 Å². The van der Waals surface area contributed by atoms with Crippen molar-refractivity contribution < 1.29 is 4.43 Å². The molecule has 0 saturated carbocycles. The first-order valence-electron chi connectivity index (χ1n) is 6.54. The topological polar surface area (TPSA) is 9.23 Å². The molecule has 0 aromatic rings. The Morgan fingerprint density at radius 1 is 0.933 bits per heavy atom. The van der Waals surface area contributed by atoms with Crippen molar-refractivity contribution in [3.63, 3.8) is 0 Å². The molecule has 1 nitrogen and oxygen atoms in total. The van der Waals surface area contributed by atoms with Gasteiger partial charge in [-0.1, -0.05) is 51.2 Å². The van der Waals surface area contributed by atoms with Crippen molar-refractivity contribution in [2.75, 3.05) is 6.61 Å². The molecule has 0 atom stereocenters. The van der Waals surface area contributed by atoms with E-state index in [-0.39, 0.29) is 0 Å². The van der Waals surface area contributed by atoms with Crippen molar-refractivity contribution in [1.29, 1.82) is 0 Å². The molecule has 0 aromatic carbocycles. The predicted molar refractivity (Wildman–Crippen MR) is 72.0 cm³/mol. The molecule has 0 N–H and O–H groups in total. The monoisotopic (exact) mass is 228 g/mol. The summed E-state index contributed by atoms with van der Waals surface area (Å²) in [6, 6.07) is 0. The number of allylic oxidation sites excluding steroid dienone is 1. The zero-order valence-corrected chi connectivity index (χ0v) is 12.0. The van der Waals surface area contributed by atoms with Crippen LogP contribution in [0.3, 0.4) is 0 Å². The summed E-state index contributed by atoms with van der Waals surface area (Å²) in [7, 11) is -0.800. The number of hydrogen-bond donors (Lipinski definition) is 0. The van der Waals surface area contributed by atoms with E-state index in [4.69, 9.17) is 4.43 Å². The molecule has 15 heavy (non-hydrogen) atoms. The third kappa shape index (κ3) is 13.9. The lowest BCUT2D eigenvalue weighted by Crippen LogP contribution is -2.06. The highest BCUT2D eigenvalue weighted by Gasteiger charge is 1.91. The maximum Gasteiger partial charge on any atom is 0.171 e. The minimum Gasteiger partial charge on any atom is -0.417 e. The van der Waals surface area contributed by atoms with Gasteiger partial charge in [-0.3, -0.25) is 0 Å². The normalized spacial score (nSPS) is 11.7. The fourth-order valence-electron chi connectivity index (χ4n) is 1.48. The molecule has 0 rings (SSSR count). The first-order valence-corrected chi connectivity index (χ1v) is 9.32. The molecule has 0 bridgehead atoms. The minimum atomic E-state index is -0.800. The molecule has 0 amide bonds. The summed E-state index contributed by atoms with van der Waals surface area (Å²) in [5, 5.41) is 0. The number of rotatable bonds is 10. The Morgan fingerprint density at radius 2 is 1.60 bits per heavy atom. The van der Waals surface area contributed by atoms with Crippen LogP contribution in [0.25, 0.3) is 0 Å². The van der Waals surface area contributed by atoms with Crippen molar-refractivity contribution in [3.05, 3.63) is 12.2 Å². The van der Waals surface area contributed by atoms with Crippen molar-refractivity contribution in [2.24, 2.45) is 0 Å². The van der Waals surface area contributed by atoms with Crippen molar-refractivity contribution in [1.82, 2.24) is 0 Å². The lowest BCUT2D eigenvalue weighted by molar-refractivity contribution is 0.374. The van der Waals surface area contributed by atoms with Gasteiger partial charge in [-0.2, -0.15) is 0 Å². The third-order valence-corrected chi connectivity index (χ3v) is 3.28. The van der Waals surface area contributed by atoms with Crippen LogP contribution in [0.1, 0.15) is 51.9 Å². The van der Waals surface area contributed by atoms with Crippen LogP contribution in [-0.2, 0) is 4.43 Å². The fraction of sp³-hybridized carbons (Fsp3) is 0.846. The van der Waals surface area contributed by atoms with Gasteiger partial charge < -0.3 is 4.43 Å². The SMILES string of the molecule is CCCCCCCCC=CCO[SiH](C)C. The number of hydrogen-bond acceptors (Lipinski definition) is 1. The van der Waals surface area contributed by atoms with Gasteiger partial charge in [0.25, 0.3) is 0 Å². The molecule has 0 aromatic heterocycles. The van der Waals surface area contributed by atoms with Gasteiger partial charge in [0.1, 0.15) is 0 Å². The van der Waals surface area contributed by atoms with Gasteiger partial charge in [0, 0.05) is 0 Å². The molecule has 0 aliphatic rings. The molecule has 0 radical (unpaired) electrons. The molecule has 0 heterocycles. The summed E-state index contributed by atoms with van der Waals surface area (Å²) in [5.74, 6) is 0. The molecule has 0 unspecified atom stereocenters. The lowest BCUT2D eigenvalue weighted by atomic mass is 10.1. The van der Waals surface area contributed by atoms with E-state index in [0.29, 0.717) is 0 Å². The lowest BCUT2D eigenvalue weighted by Gasteiger charge is -2.01. The van der Waals surface area contributed by atoms with E-state index in [9.17, 15) is 0 Å². The van der Waals surface area contributed by atoms with E-state index in [0.717, 1.165) is 6.61 Å². The van der Waals surface area contributed by atoms with Crippen LogP contribution in [0.15, 0.2) is 12.2 Å². The second-order valence-electron chi connectivity index (χ2n) is 4.41. The van der Waals surface area contributed by atoms with Gasteiger partial charge >= 0.3 is 0 Å². The molecule has 0 saturated heterocycles. The van der Waals surface area contributed by atoms with Gasteiger partial charge in [0.15, 0.2) is 9.04 Å². The molecule has 90 valence electrons. The maximum atomic E-state index is 5.55. The van der Waals surface area contributed by atoms with E-state index in [1.807, 2.05) is 0 Å². The predicted octanol–water partition coefficient (Wildman–Crippen LogP) is 4.29. The maximum absolute atomic E-state index is 5.55. The van der Waals surface area contributed by atoms with Crippen LogP contribution in [0, 0.1) is 0 Å². The summed E-state index contributed by atoms with van der Waals surface area (Å²) in [4.78, 5) is 0. The molecule has 2 heteroatoms. The Bertz CT molecular complexity index is 143. The average molecular weight is 228 g/mol. The van der Waals surface area contributed by atoms with Crippen molar-refractivity contribution in [3.8, 4) is 0 Å². The quantitative estimate of drug-likeness (QED) is 0.308. The van der Waals surface area contributed by atoms with Gasteiger partial charge in [-0.05, 0) is 25.9 Å². The van der Waals surface area contributed by atoms with Crippen LogP contribution in [-0.4, -0.2) is 15.6 Å². The van der Waals surface area contributed by atoms with E-state index >= 15 is 0 Å². The summed E-state index contributed by atoms with van der Waals surface area (Å²) in [6.45, 7) is 7.52. The third-order valence-electron chi connectivity index (χ3n) is 2.42. The van der Waals surface area contributed by atoms with Gasteiger partial charge in [0.05, 0.1) is 6.61 Å². The minimum absolute atomic E-state index is 0.800. The number of unbranched alkanes of at least 4 members (excludes halogenated alkanes) is 6. The van der Waals surface area contributed by atoms with Crippen LogP contribution >= 0.6 is 0 Å². The molecule has 0 fully saturated rings. The molecule has 0 aliphatic heterocycles. The first kappa shape index (κ1) is 14.9. The van der Waals surface area contributed by atoms with Crippen molar-refractivity contribution >= 4 is 9.04 Å². The molecule has 0 aliphatic carbocycles. The van der Waals surface area contributed by atoms with Crippen LogP contribution < -0.4 is 0 Å². The fourth-order valence-corrected chi connectivity index (χ4v) is 1.97. The first-order chi connectivity index (χ1) is 7.27. The van der Waals surface area contributed by atoms with Crippen LogP contribution in [0.4, 0.5) is 0 Å². The second-order valence-corrected chi connectivity index (χ2v) is 6.84. The largest absolute Gasteiger partial charge is 0.417 e. The van der Waals surface area contributed by atoms with E-state index in [1.54, 1.807) is 0 Å². The van der Waals surface area contributed by atoms with Crippen LogP contribution in [0.2, 0.25) is 13.1 Å². The Kier molecular flexibility index (Phi) is 11.9. The average Bonchev–Trinajstić information content (AvgIpc) is 2.20. The highest BCUT2D eigenvalue weighted by molar-refractivity contribution is 6.48. The Labute approximate surface area is 97.6 Å². The molecular formula is C13H28OSi. The van der Waals surface area contributed by atoms with Crippen LogP contribution in [0.5, 0.6) is 0 Å². The highest BCUT2D eigenvalue weighted by Crippen LogP contribution is 2.06. The molecular weight excluding hydrogens is 200 g/mol. The Balaban J connectivity index is 3.03. The summed E-state index contributed by atoms with van der Waals surface area (Å²) in [5.41, 5.74) is 0. The zero-order valence-electron chi connectivity index (χ0n) is 10.8. The Hall–Kier alpha value is -0.0831. The summed E-state index contributed by atoms with van der Waals surface area (Å²) < 4.78 is 5.55. The van der Waals surface area contributed by atoms with Gasteiger partial charge in [0.2, 0.25) is 0 Å². The standard InChI is InChI=1S/C13H28OSi/c1-4-5-6-7-8-9-10-11-12-13-14-15(2)3/h11-12,15H,4-10,13H2,1-3H3.